The Kier molecular flexibility index (Phi) is 4.91. The Balaban J connectivity index is 1.84. The van der Waals surface area contributed by atoms with Crippen LogP contribution in [0.25, 0.3) is 5.57 Å². The third-order valence-corrected chi connectivity index (χ3v) is 5.07. The molecule has 150 valence electrons. The zero-order chi connectivity index (χ0) is 21.4. The molecule has 6 heteroatoms. The van der Waals surface area contributed by atoms with Crippen LogP contribution in [-0.2, 0) is 9.59 Å². The van der Waals surface area contributed by atoms with Gasteiger partial charge in [0.1, 0.15) is 17.3 Å². The Morgan fingerprint density at radius 1 is 0.800 bits per heavy atom. The van der Waals surface area contributed by atoms with E-state index in [0.717, 1.165) is 29.3 Å². The number of hydrogen-bond donors (Lipinski definition) is 1. The summed E-state index contributed by atoms with van der Waals surface area (Å²) >= 11 is 0. The van der Waals surface area contributed by atoms with Crippen LogP contribution in [0, 0.1) is 25.5 Å². The first-order chi connectivity index (χ1) is 14.4. The number of carbonyl (C=O) groups excluding carboxylic acids is 2. The number of halogens is 2. The van der Waals surface area contributed by atoms with E-state index in [1.165, 1.54) is 0 Å². The van der Waals surface area contributed by atoms with Crippen molar-refractivity contribution in [1.29, 1.82) is 0 Å². The molecular formula is C24H18F2N2O2. The number of imide groups is 1. The summed E-state index contributed by atoms with van der Waals surface area (Å²) in [5, 5.41) is 3.02. The van der Waals surface area contributed by atoms with Gasteiger partial charge in [-0.2, -0.15) is 0 Å². The number of nitrogens with one attached hydrogen (secondary N) is 1. The van der Waals surface area contributed by atoms with Crippen LogP contribution in [0.1, 0.15) is 16.7 Å². The Morgan fingerprint density at radius 2 is 1.53 bits per heavy atom. The third-order valence-electron chi connectivity index (χ3n) is 5.07. The summed E-state index contributed by atoms with van der Waals surface area (Å²) in [5.74, 6) is -3.08. The first-order valence-electron chi connectivity index (χ1n) is 9.34. The fourth-order valence-corrected chi connectivity index (χ4v) is 3.36. The molecule has 0 saturated carbocycles. The molecule has 0 aromatic heterocycles. The highest BCUT2D eigenvalue weighted by molar-refractivity contribution is 6.46. The van der Waals surface area contributed by atoms with Crippen molar-refractivity contribution in [3.63, 3.8) is 0 Å². The largest absolute Gasteiger partial charge is 0.350 e. The summed E-state index contributed by atoms with van der Waals surface area (Å²) in [6.45, 7) is 3.90. The lowest BCUT2D eigenvalue weighted by Crippen LogP contribution is -2.33. The number of nitrogens with zero attached hydrogens (tertiary/aromatic N) is 1. The molecule has 1 aliphatic heterocycles. The van der Waals surface area contributed by atoms with Crippen LogP contribution >= 0.6 is 0 Å². The second-order valence-corrected chi connectivity index (χ2v) is 7.08. The molecule has 1 aliphatic rings. The molecule has 1 N–H and O–H groups in total. The van der Waals surface area contributed by atoms with E-state index in [-0.39, 0.29) is 11.3 Å². The number of rotatable bonds is 4. The van der Waals surface area contributed by atoms with Crippen LogP contribution in [-0.4, -0.2) is 11.8 Å². The molecule has 4 nitrogen and oxygen atoms in total. The van der Waals surface area contributed by atoms with Gasteiger partial charge in [-0.1, -0.05) is 36.4 Å². The lowest BCUT2D eigenvalue weighted by Gasteiger charge is -2.16. The topological polar surface area (TPSA) is 49.4 Å². The maximum absolute atomic E-state index is 14.4. The normalized spacial score (nSPS) is 13.9. The highest BCUT2D eigenvalue weighted by Crippen LogP contribution is 2.35. The van der Waals surface area contributed by atoms with Gasteiger partial charge in [0.25, 0.3) is 11.8 Å². The summed E-state index contributed by atoms with van der Waals surface area (Å²) in [7, 11) is 0. The average molecular weight is 404 g/mol. The van der Waals surface area contributed by atoms with Crippen molar-refractivity contribution in [1.82, 2.24) is 0 Å². The first kappa shape index (κ1) is 19.5. The maximum atomic E-state index is 14.4. The molecule has 3 aromatic rings. The number of carbonyl (C=O) groups is 2. The number of hydrogen-bond acceptors (Lipinski definition) is 3. The molecule has 0 aliphatic carbocycles. The van der Waals surface area contributed by atoms with Gasteiger partial charge in [0.15, 0.2) is 0 Å². The van der Waals surface area contributed by atoms with Gasteiger partial charge in [-0.05, 0) is 54.8 Å². The van der Waals surface area contributed by atoms with Crippen molar-refractivity contribution in [2.75, 3.05) is 10.2 Å². The summed E-state index contributed by atoms with van der Waals surface area (Å²) in [4.78, 5) is 27.1. The van der Waals surface area contributed by atoms with Crippen LogP contribution in [0.5, 0.6) is 0 Å². The highest BCUT2D eigenvalue weighted by Gasteiger charge is 2.41. The van der Waals surface area contributed by atoms with Crippen molar-refractivity contribution in [2.45, 2.75) is 13.8 Å². The zero-order valence-corrected chi connectivity index (χ0v) is 16.4. The molecule has 3 aromatic carbocycles. The molecule has 1 heterocycles. The van der Waals surface area contributed by atoms with E-state index in [1.54, 1.807) is 36.4 Å². The van der Waals surface area contributed by atoms with Gasteiger partial charge in [0.05, 0.1) is 11.3 Å². The summed E-state index contributed by atoms with van der Waals surface area (Å²) in [6.07, 6.45) is 0. The van der Waals surface area contributed by atoms with Crippen molar-refractivity contribution >= 4 is 28.8 Å². The molecule has 0 bridgehead atoms. The lowest BCUT2D eigenvalue weighted by atomic mass is 10.0. The Hall–Kier alpha value is -3.80. The number of aryl methyl sites for hydroxylation is 2. The van der Waals surface area contributed by atoms with E-state index in [2.05, 4.69) is 5.32 Å². The fourth-order valence-electron chi connectivity index (χ4n) is 3.36. The lowest BCUT2D eigenvalue weighted by molar-refractivity contribution is -0.120. The van der Waals surface area contributed by atoms with Crippen molar-refractivity contribution < 1.29 is 18.4 Å². The molecule has 0 unspecified atom stereocenters. The Labute approximate surface area is 172 Å². The van der Waals surface area contributed by atoms with E-state index in [4.69, 9.17) is 0 Å². The summed E-state index contributed by atoms with van der Waals surface area (Å²) in [5.41, 5.74) is 2.89. The van der Waals surface area contributed by atoms with E-state index < -0.39 is 29.1 Å². The average Bonchev–Trinajstić information content (AvgIpc) is 2.97. The minimum Gasteiger partial charge on any atom is -0.350 e. The van der Waals surface area contributed by atoms with Gasteiger partial charge >= 0.3 is 0 Å². The van der Waals surface area contributed by atoms with Gasteiger partial charge in [0, 0.05) is 11.8 Å². The predicted molar refractivity (Wildman–Crippen MR) is 112 cm³/mol. The minimum atomic E-state index is -0.863. The predicted octanol–water partition coefficient (Wildman–Crippen LogP) is 4.98. The molecule has 4 rings (SSSR count). The fraction of sp³-hybridized carbons (Fsp3) is 0.0833. The van der Waals surface area contributed by atoms with E-state index in [1.807, 2.05) is 26.0 Å². The molecular weight excluding hydrogens is 386 g/mol. The van der Waals surface area contributed by atoms with Gasteiger partial charge in [-0.15, -0.1) is 0 Å². The van der Waals surface area contributed by atoms with Crippen LogP contribution in [0.15, 0.2) is 72.4 Å². The molecule has 0 radical (unpaired) electrons. The third kappa shape index (κ3) is 3.37. The number of benzene rings is 3. The molecule has 2 amide bonds. The summed E-state index contributed by atoms with van der Waals surface area (Å²) < 4.78 is 28.2. The number of amides is 2. The molecule has 0 spiro atoms. The smallest absolute Gasteiger partial charge is 0.282 e. The number of anilines is 2. The second-order valence-electron chi connectivity index (χ2n) is 7.08. The van der Waals surface area contributed by atoms with Crippen LogP contribution in [0.4, 0.5) is 20.2 Å². The Morgan fingerprint density at radius 3 is 2.23 bits per heavy atom. The molecule has 0 atom stereocenters. The van der Waals surface area contributed by atoms with Crippen molar-refractivity contribution in [2.24, 2.45) is 0 Å². The molecule has 0 fully saturated rings. The van der Waals surface area contributed by atoms with Crippen LogP contribution < -0.4 is 10.2 Å². The minimum absolute atomic E-state index is 0.0121. The molecule has 0 saturated heterocycles. The highest BCUT2D eigenvalue weighted by atomic mass is 19.1. The van der Waals surface area contributed by atoms with Crippen LogP contribution in [0.3, 0.4) is 0 Å². The SMILES string of the molecule is Cc1ccc(NC2=C(c3ccccc3)C(=O)N(c3cc(F)ccc3F)C2=O)cc1C. The molecule has 30 heavy (non-hydrogen) atoms. The monoisotopic (exact) mass is 404 g/mol. The van der Waals surface area contributed by atoms with E-state index in [0.29, 0.717) is 16.2 Å². The maximum Gasteiger partial charge on any atom is 0.282 e. The Bertz CT molecular complexity index is 1200. The van der Waals surface area contributed by atoms with Crippen molar-refractivity contribution in [3.8, 4) is 0 Å². The van der Waals surface area contributed by atoms with Gasteiger partial charge < -0.3 is 5.32 Å². The summed E-state index contributed by atoms with van der Waals surface area (Å²) in [6, 6.07) is 16.8. The quantitative estimate of drug-likeness (QED) is 0.624. The second kappa shape index (κ2) is 7.55. The van der Waals surface area contributed by atoms with Gasteiger partial charge in [-0.3, -0.25) is 9.59 Å². The van der Waals surface area contributed by atoms with Crippen LogP contribution in [0.2, 0.25) is 0 Å². The standard InChI is InChI=1S/C24H18F2N2O2/c1-14-8-10-18(12-15(14)2)27-22-21(16-6-4-3-5-7-16)23(29)28(24(22)30)20-13-17(25)9-11-19(20)26/h3-13,27H,1-2H3. The first-order valence-corrected chi connectivity index (χ1v) is 9.34. The van der Waals surface area contributed by atoms with E-state index >= 15 is 0 Å². The van der Waals surface area contributed by atoms with E-state index in [9.17, 15) is 18.4 Å². The zero-order valence-electron chi connectivity index (χ0n) is 16.4. The van der Waals surface area contributed by atoms with Gasteiger partial charge in [-0.25, -0.2) is 13.7 Å². The van der Waals surface area contributed by atoms with Crippen molar-refractivity contribution in [3.05, 3.63) is 101 Å². The van der Waals surface area contributed by atoms with Gasteiger partial charge in [0.2, 0.25) is 0 Å².